The topological polar surface area (TPSA) is 78.4 Å². The average Bonchev–Trinajstić information content (AvgIpc) is 2.13. The van der Waals surface area contributed by atoms with Gasteiger partial charge in [-0.2, -0.15) is 25.3 Å². The maximum atomic E-state index is 10.9. The van der Waals surface area contributed by atoms with Crippen LogP contribution in [0.1, 0.15) is 6.92 Å². The second kappa shape index (κ2) is 6.97. The van der Waals surface area contributed by atoms with Crippen molar-refractivity contribution in [1.82, 2.24) is 10.6 Å². The van der Waals surface area contributed by atoms with Crippen LogP contribution in [0.5, 0.6) is 0 Å². The molecule has 0 spiro atoms. The second-order valence-corrected chi connectivity index (χ2v) is 3.37. The number of hydrogen-bond donors (Lipinski definition) is 5. The van der Waals surface area contributed by atoms with Gasteiger partial charge in [-0.15, -0.1) is 0 Å². The highest BCUT2D eigenvalue weighted by atomic mass is 32.1. The fraction of sp³-hybridized carbons (Fsp3) is 0.714. The first-order valence-electron chi connectivity index (χ1n) is 4.01. The number of amides is 1. The molecule has 0 aromatic rings. The molecule has 0 aliphatic carbocycles. The van der Waals surface area contributed by atoms with Crippen LogP contribution in [0.2, 0.25) is 0 Å². The van der Waals surface area contributed by atoms with E-state index in [0.717, 1.165) is 0 Å². The molecule has 7 heteroatoms. The minimum absolute atomic E-state index is 0.0740. The Bertz CT molecular complexity index is 213. The zero-order valence-corrected chi connectivity index (χ0v) is 9.52. The lowest BCUT2D eigenvalue weighted by Crippen LogP contribution is -2.51. The summed E-state index contributed by atoms with van der Waals surface area (Å²) in [6, 6.07) is -0.770. The summed E-state index contributed by atoms with van der Waals surface area (Å²) < 4.78 is 0. The van der Waals surface area contributed by atoms with Gasteiger partial charge in [-0.1, -0.05) is 0 Å². The fourth-order valence-electron chi connectivity index (χ4n) is 0.833. The van der Waals surface area contributed by atoms with E-state index in [4.69, 9.17) is 5.11 Å². The summed E-state index contributed by atoms with van der Waals surface area (Å²) in [6.07, 6.45) is -0.414. The monoisotopic (exact) mass is 238 g/mol. The molecule has 14 heavy (non-hydrogen) atoms. The summed E-state index contributed by atoms with van der Waals surface area (Å²) in [5.41, 5.74) is 0. The normalized spacial score (nSPS) is 14.5. The Hall–Kier alpha value is -0.400. The average molecular weight is 238 g/mol. The molecule has 0 bridgehead atoms. The smallest absolute Gasteiger partial charge is 0.321 e. The molecule has 5 nitrogen and oxygen atoms in total. The quantitative estimate of drug-likeness (QED) is 0.315. The van der Waals surface area contributed by atoms with Crippen LogP contribution in [-0.2, 0) is 9.59 Å². The van der Waals surface area contributed by atoms with E-state index in [1.54, 1.807) is 6.92 Å². The van der Waals surface area contributed by atoms with Crippen LogP contribution in [0.4, 0.5) is 0 Å². The highest BCUT2D eigenvalue weighted by Crippen LogP contribution is 1.90. The van der Waals surface area contributed by atoms with Gasteiger partial charge in [0.25, 0.3) is 0 Å². The van der Waals surface area contributed by atoms with Gasteiger partial charge in [0.05, 0.1) is 11.9 Å². The molecule has 0 heterocycles. The second-order valence-electron chi connectivity index (χ2n) is 2.69. The Balaban J connectivity index is 3.96. The van der Waals surface area contributed by atoms with E-state index in [2.05, 4.69) is 35.9 Å². The lowest BCUT2D eigenvalue weighted by atomic mass is 10.3. The van der Waals surface area contributed by atoms with Crippen LogP contribution < -0.4 is 10.6 Å². The van der Waals surface area contributed by atoms with Crippen molar-refractivity contribution in [3.8, 4) is 0 Å². The molecule has 0 saturated carbocycles. The molecule has 1 amide bonds. The van der Waals surface area contributed by atoms with Crippen LogP contribution in [-0.4, -0.2) is 40.7 Å². The molecular formula is C7H14N2O3S2. The SMILES string of the molecule is CC(NC(=O)CS)NC(CS)C(=O)O. The molecule has 0 aromatic heterocycles. The summed E-state index contributed by atoms with van der Waals surface area (Å²) in [6.45, 7) is 1.65. The first-order valence-corrected chi connectivity index (χ1v) is 5.27. The summed E-state index contributed by atoms with van der Waals surface area (Å²) >= 11 is 7.65. The lowest BCUT2D eigenvalue weighted by molar-refractivity contribution is -0.139. The van der Waals surface area contributed by atoms with Crippen molar-refractivity contribution >= 4 is 37.1 Å². The summed E-state index contributed by atoms with van der Waals surface area (Å²) in [5, 5.41) is 13.9. The molecule has 0 fully saturated rings. The molecule has 2 atom stereocenters. The van der Waals surface area contributed by atoms with Crippen molar-refractivity contribution in [2.24, 2.45) is 0 Å². The van der Waals surface area contributed by atoms with Crippen molar-refractivity contribution < 1.29 is 14.7 Å². The van der Waals surface area contributed by atoms with Gasteiger partial charge in [-0.3, -0.25) is 14.9 Å². The maximum absolute atomic E-state index is 10.9. The fourth-order valence-corrected chi connectivity index (χ4v) is 1.19. The van der Waals surface area contributed by atoms with E-state index >= 15 is 0 Å². The Morgan fingerprint density at radius 1 is 1.43 bits per heavy atom. The molecule has 0 aromatic carbocycles. The third-order valence-electron chi connectivity index (χ3n) is 1.45. The molecule has 0 saturated heterocycles. The number of aliphatic carboxylic acids is 1. The van der Waals surface area contributed by atoms with Crippen molar-refractivity contribution in [2.45, 2.75) is 19.1 Å². The van der Waals surface area contributed by atoms with Gasteiger partial charge in [-0.05, 0) is 6.92 Å². The van der Waals surface area contributed by atoms with Crippen LogP contribution in [0.15, 0.2) is 0 Å². The minimum atomic E-state index is -0.994. The summed E-state index contributed by atoms with van der Waals surface area (Å²) in [4.78, 5) is 21.5. The van der Waals surface area contributed by atoms with Crippen LogP contribution >= 0.6 is 25.3 Å². The molecule has 0 aliphatic rings. The van der Waals surface area contributed by atoms with Crippen LogP contribution in [0.25, 0.3) is 0 Å². The number of rotatable bonds is 6. The van der Waals surface area contributed by atoms with E-state index in [9.17, 15) is 9.59 Å². The van der Waals surface area contributed by atoms with Gasteiger partial charge in [0.15, 0.2) is 0 Å². The number of carboxylic acids is 1. The molecule has 2 unspecified atom stereocenters. The maximum Gasteiger partial charge on any atom is 0.321 e. The molecule has 0 radical (unpaired) electrons. The number of nitrogens with one attached hydrogen (secondary N) is 2. The van der Waals surface area contributed by atoms with Gasteiger partial charge in [0.2, 0.25) is 5.91 Å². The highest BCUT2D eigenvalue weighted by Gasteiger charge is 2.17. The van der Waals surface area contributed by atoms with Gasteiger partial charge < -0.3 is 10.4 Å². The third-order valence-corrected chi connectivity index (χ3v) is 2.11. The van der Waals surface area contributed by atoms with Crippen molar-refractivity contribution in [2.75, 3.05) is 11.5 Å². The standard InChI is InChI=1S/C7H14N2O3S2/c1-4(9-6(10)3-14)8-5(2-13)7(11)12/h4-5,8,13-14H,2-3H2,1H3,(H,9,10)(H,11,12). The van der Waals surface area contributed by atoms with Gasteiger partial charge in [-0.25, -0.2) is 0 Å². The van der Waals surface area contributed by atoms with E-state index < -0.39 is 18.2 Å². The van der Waals surface area contributed by atoms with E-state index in [1.165, 1.54) is 0 Å². The van der Waals surface area contributed by atoms with Gasteiger partial charge in [0, 0.05) is 5.75 Å². The zero-order chi connectivity index (χ0) is 11.1. The van der Waals surface area contributed by atoms with Crippen LogP contribution in [0, 0.1) is 0 Å². The Kier molecular flexibility index (Phi) is 6.77. The predicted octanol–water partition coefficient (Wildman–Crippen LogP) is -0.649. The van der Waals surface area contributed by atoms with Crippen molar-refractivity contribution in [3.05, 3.63) is 0 Å². The Morgan fingerprint density at radius 2 is 2.00 bits per heavy atom. The van der Waals surface area contributed by atoms with Gasteiger partial charge in [0.1, 0.15) is 6.04 Å². The largest absolute Gasteiger partial charge is 0.480 e. The molecule has 0 aliphatic heterocycles. The molecular weight excluding hydrogens is 224 g/mol. The first-order chi connectivity index (χ1) is 6.51. The van der Waals surface area contributed by atoms with E-state index in [-0.39, 0.29) is 17.4 Å². The molecule has 0 rings (SSSR count). The number of carboxylic acid groups (broad SMARTS) is 1. The summed E-state index contributed by atoms with van der Waals surface area (Å²) in [5.74, 6) is -1.01. The number of carbonyl (C=O) groups is 2. The highest BCUT2D eigenvalue weighted by molar-refractivity contribution is 7.81. The van der Waals surface area contributed by atoms with Crippen LogP contribution in [0.3, 0.4) is 0 Å². The van der Waals surface area contributed by atoms with Gasteiger partial charge >= 0.3 is 5.97 Å². The Morgan fingerprint density at radius 3 is 2.36 bits per heavy atom. The number of hydrogen-bond acceptors (Lipinski definition) is 5. The zero-order valence-electron chi connectivity index (χ0n) is 7.73. The first kappa shape index (κ1) is 13.6. The number of carbonyl (C=O) groups excluding carboxylic acids is 1. The number of thiol groups is 2. The van der Waals surface area contributed by atoms with E-state index in [1.807, 2.05) is 0 Å². The lowest BCUT2D eigenvalue weighted by Gasteiger charge is -2.19. The minimum Gasteiger partial charge on any atom is -0.480 e. The molecule has 3 N–H and O–H groups in total. The molecule has 82 valence electrons. The summed E-state index contributed by atoms with van der Waals surface area (Å²) in [7, 11) is 0. The van der Waals surface area contributed by atoms with E-state index in [0.29, 0.717) is 0 Å². The predicted molar refractivity (Wildman–Crippen MR) is 59.9 cm³/mol. The van der Waals surface area contributed by atoms with Crippen molar-refractivity contribution in [3.63, 3.8) is 0 Å². The Labute approximate surface area is 93.5 Å². The third kappa shape index (κ3) is 5.36. The van der Waals surface area contributed by atoms with Crippen molar-refractivity contribution in [1.29, 1.82) is 0 Å².